The number of aryl methyl sites for hydroxylation is 1. The van der Waals surface area contributed by atoms with E-state index in [-0.39, 0.29) is 11.3 Å². The van der Waals surface area contributed by atoms with E-state index in [4.69, 9.17) is 18.9 Å². The number of amides is 1. The normalized spacial score (nSPS) is 19.8. The second-order valence-electron chi connectivity index (χ2n) is 9.09. The van der Waals surface area contributed by atoms with Gasteiger partial charge in [-0.2, -0.15) is 0 Å². The number of ether oxygens (including phenoxy) is 4. The number of rotatable bonds is 9. The molecule has 2 aromatic carbocycles. The zero-order valence-corrected chi connectivity index (χ0v) is 21.8. The Morgan fingerprint density at radius 2 is 1.65 bits per heavy atom. The average Bonchev–Trinajstić information content (AvgIpc) is 3.17. The molecule has 1 atom stereocenters. The number of hydrogen-bond acceptors (Lipinski definition) is 8. The Hall–Kier alpha value is -3.56. The van der Waals surface area contributed by atoms with Gasteiger partial charge in [-0.15, -0.1) is 0 Å². The lowest BCUT2D eigenvalue weighted by atomic mass is 9.93. The first-order chi connectivity index (χ1) is 17.9. The van der Waals surface area contributed by atoms with E-state index in [0.29, 0.717) is 60.1 Å². The quantitative estimate of drug-likeness (QED) is 0.312. The molecule has 2 aromatic rings. The van der Waals surface area contributed by atoms with Crippen LogP contribution in [0.25, 0.3) is 5.76 Å². The standard InChI is InChI=1S/C28H34N2O7/c1-18-16-19(34-2)6-8-21(18)26(31)24-25(22-17-20(35-3)7-9-23(22)36-4)30(28(33)27(24)32)11-5-10-29-12-14-37-15-13-29/h6-9,16-17,25,31H,5,10-15H2,1-4H3/b26-24+/t25-/m1/s1. The summed E-state index contributed by atoms with van der Waals surface area (Å²) in [6.45, 7) is 5.97. The van der Waals surface area contributed by atoms with Crippen molar-refractivity contribution in [1.82, 2.24) is 9.80 Å². The van der Waals surface area contributed by atoms with Gasteiger partial charge in [-0.1, -0.05) is 0 Å². The monoisotopic (exact) mass is 510 g/mol. The number of aliphatic hydroxyl groups is 1. The minimum absolute atomic E-state index is 0.0243. The van der Waals surface area contributed by atoms with Crippen molar-refractivity contribution in [2.45, 2.75) is 19.4 Å². The molecule has 0 aliphatic carbocycles. The fourth-order valence-electron chi connectivity index (χ4n) is 4.95. The fourth-order valence-corrected chi connectivity index (χ4v) is 4.95. The third-order valence-electron chi connectivity index (χ3n) is 6.94. The minimum Gasteiger partial charge on any atom is -0.507 e. The molecular weight excluding hydrogens is 476 g/mol. The van der Waals surface area contributed by atoms with Gasteiger partial charge in [0.15, 0.2) is 0 Å². The van der Waals surface area contributed by atoms with E-state index < -0.39 is 17.7 Å². The number of hydrogen-bond donors (Lipinski definition) is 1. The van der Waals surface area contributed by atoms with Crippen LogP contribution in [0, 0.1) is 6.92 Å². The molecule has 2 heterocycles. The first-order valence-corrected chi connectivity index (χ1v) is 12.3. The van der Waals surface area contributed by atoms with Crippen molar-refractivity contribution < 1.29 is 33.6 Å². The molecule has 2 aliphatic rings. The maximum absolute atomic E-state index is 13.4. The summed E-state index contributed by atoms with van der Waals surface area (Å²) in [4.78, 5) is 30.6. The van der Waals surface area contributed by atoms with Gasteiger partial charge in [0.25, 0.3) is 11.7 Å². The Bertz CT molecular complexity index is 1190. The zero-order chi connectivity index (χ0) is 26.5. The highest BCUT2D eigenvalue weighted by atomic mass is 16.5. The number of morpholine rings is 1. The predicted molar refractivity (Wildman–Crippen MR) is 138 cm³/mol. The first kappa shape index (κ1) is 26.5. The summed E-state index contributed by atoms with van der Waals surface area (Å²) < 4.78 is 21.8. The van der Waals surface area contributed by atoms with Gasteiger partial charge in [0.1, 0.15) is 23.0 Å². The van der Waals surface area contributed by atoms with E-state index in [1.54, 1.807) is 50.6 Å². The molecule has 0 spiro atoms. The first-order valence-electron chi connectivity index (χ1n) is 12.3. The summed E-state index contributed by atoms with van der Waals surface area (Å²) in [5.74, 6) is 0.0600. The molecule has 198 valence electrons. The van der Waals surface area contributed by atoms with Crippen LogP contribution in [-0.4, -0.2) is 87.3 Å². The van der Waals surface area contributed by atoms with Gasteiger partial charge in [-0.05, 0) is 55.3 Å². The smallest absolute Gasteiger partial charge is 0.295 e. The van der Waals surface area contributed by atoms with Gasteiger partial charge in [0.2, 0.25) is 0 Å². The second kappa shape index (κ2) is 11.7. The molecule has 37 heavy (non-hydrogen) atoms. The molecule has 9 nitrogen and oxygen atoms in total. The van der Waals surface area contributed by atoms with E-state index in [9.17, 15) is 14.7 Å². The van der Waals surface area contributed by atoms with Crippen LogP contribution in [0.5, 0.6) is 17.2 Å². The van der Waals surface area contributed by atoms with Crippen molar-refractivity contribution in [1.29, 1.82) is 0 Å². The van der Waals surface area contributed by atoms with Gasteiger partial charge in [0.05, 0.1) is 46.2 Å². The number of methoxy groups -OCH3 is 3. The van der Waals surface area contributed by atoms with Crippen molar-refractivity contribution in [2.75, 3.05) is 60.7 Å². The Balaban J connectivity index is 1.78. The highest BCUT2D eigenvalue weighted by molar-refractivity contribution is 6.46. The Kier molecular flexibility index (Phi) is 8.35. The number of carbonyl (C=O) groups is 2. The Morgan fingerprint density at radius 3 is 2.30 bits per heavy atom. The summed E-state index contributed by atoms with van der Waals surface area (Å²) in [6.07, 6.45) is 0.664. The molecule has 0 saturated carbocycles. The summed E-state index contributed by atoms with van der Waals surface area (Å²) in [6, 6.07) is 9.57. The lowest BCUT2D eigenvalue weighted by Gasteiger charge is -2.29. The van der Waals surface area contributed by atoms with Crippen LogP contribution in [0.4, 0.5) is 0 Å². The van der Waals surface area contributed by atoms with Crippen LogP contribution in [0.1, 0.15) is 29.2 Å². The van der Waals surface area contributed by atoms with Gasteiger partial charge in [-0.25, -0.2) is 0 Å². The molecular formula is C28H34N2O7. The molecule has 2 fully saturated rings. The van der Waals surface area contributed by atoms with Crippen LogP contribution >= 0.6 is 0 Å². The molecule has 0 radical (unpaired) electrons. The van der Waals surface area contributed by atoms with Gasteiger partial charge in [0, 0.05) is 37.3 Å². The van der Waals surface area contributed by atoms with Crippen LogP contribution in [-0.2, 0) is 14.3 Å². The van der Waals surface area contributed by atoms with Crippen molar-refractivity contribution in [3.05, 3.63) is 58.7 Å². The number of likely N-dealkylation sites (tertiary alicyclic amines) is 1. The largest absolute Gasteiger partial charge is 0.507 e. The van der Waals surface area contributed by atoms with E-state index in [0.717, 1.165) is 19.6 Å². The summed E-state index contributed by atoms with van der Waals surface area (Å²) >= 11 is 0. The topological polar surface area (TPSA) is 97.8 Å². The molecule has 2 saturated heterocycles. The fraction of sp³-hybridized carbons (Fsp3) is 0.429. The molecule has 0 aromatic heterocycles. The molecule has 1 N–H and O–H groups in total. The van der Waals surface area contributed by atoms with Crippen molar-refractivity contribution in [3.8, 4) is 17.2 Å². The number of ketones is 1. The van der Waals surface area contributed by atoms with Crippen molar-refractivity contribution in [3.63, 3.8) is 0 Å². The van der Waals surface area contributed by atoms with Gasteiger partial charge >= 0.3 is 0 Å². The highest BCUT2D eigenvalue weighted by Crippen LogP contribution is 2.44. The van der Waals surface area contributed by atoms with E-state index >= 15 is 0 Å². The van der Waals surface area contributed by atoms with Crippen LogP contribution in [0.2, 0.25) is 0 Å². The van der Waals surface area contributed by atoms with Gasteiger partial charge < -0.3 is 29.0 Å². The number of carbonyl (C=O) groups excluding carboxylic acids is 2. The number of nitrogens with zero attached hydrogens (tertiary/aromatic N) is 2. The number of benzene rings is 2. The van der Waals surface area contributed by atoms with Crippen molar-refractivity contribution >= 4 is 17.4 Å². The van der Waals surface area contributed by atoms with Crippen molar-refractivity contribution in [2.24, 2.45) is 0 Å². The molecule has 2 aliphatic heterocycles. The Morgan fingerprint density at radius 1 is 0.973 bits per heavy atom. The zero-order valence-electron chi connectivity index (χ0n) is 21.8. The predicted octanol–water partition coefficient (Wildman–Crippen LogP) is 3.16. The second-order valence-corrected chi connectivity index (χ2v) is 9.09. The lowest BCUT2D eigenvalue weighted by Crippen LogP contribution is -2.39. The molecule has 0 bridgehead atoms. The summed E-state index contributed by atoms with van der Waals surface area (Å²) in [7, 11) is 4.64. The molecule has 9 heteroatoms. The van der Waals surface area contributed by atoms with Crippen LogP contribution < -0.4 is 14.2 Å². The lowest BCUT2D eigenvalue weighted by molar-refractivity contribution is -0.140. The third-order valence-corrected chi connectivity index (χ3v) is 6.94. The SMILES string of the molecule is COc1ccc(/C(O)=C2\C(=O)C(=O)N(CCCN3CCOCC3)[C@@H]2c2cc(OC)ccc2OC)c(C)c1. The Labute approximate surface area is 217 Å². The van der Waals surface area contributed by atoms with E-state index in [2.05, 4.69) is 4.90 Å². The highest BCUT2D eigenvalue weighted by Gasteiger charge is 2.47. The van der Waals surface area contributed by atoms with Gasteiger partial charge in [-0.3, -0.25) is 14.5 Å². The molecule has 0 unspecified atom stereocenters. The number of aliphatic hydroxyl groups excluding tert-OH is 1. The summed E-state index contributed by atoms with van der Waals surface area (Å²) in [5.41, 5.74) is 1.77. The molecule has 1 amide bonds. The van der Waals surface area contributed by atoms with Crippen LogP contribution in [0.15, 0.2) is 42.0 Å². The maximum atomic E-state index is 13.4. The molecule has 4 rings (SSSR count). The average molecular weight is 511 g/mol. The maximum Gasteiger partial charge on any atom is 0.295 e. The third kappa shape index (κ3) is 5.42. The number of Topliss-reactive ketones (excluding diaryl/α,β-unsaturated/α-hetero) is 1. The minimum atomic E-state index is -0.837. The van der Waals surface area contributed by atoms with E-state index in [1.807, 2.05) is 6.92 Å². The van der Waals surface area contributed by atoms with Crippen LogP contribution in [0.3, 0.4) is 0 Å². The van der Waals surface area contributed by atoms with E-state index in [1.165, 1.54) is 12.0 Å². The summed E-state index contributed by atoms with van der Waals surface area (Å²) in [5, 5.41) is 11.5.